The van der Waals surface area contributed by atoms with Crippen LogP contribution in [0.25, 0.3) is 0 Å². The van der Waals surface area contributed by atoms with Crippen LogP contribution in [0, 0.1) is 0 Å². The summed E-state index contributed by atoms with van der Waals surface area (Å²) in [5, 5.41) is 0. The maximum atomic E-state index is 14.2. The molecule has 0 aromatic heterocycles. The molecule has 0 atom stereocenters. The molecule has 3 nitrogen and oxygen atoms in total. The molecule has 1 aliphatic carbocycles. The zero-order valence-electron chi connectivity index (χ0n) is 10.7. The number of halogens is 1. The quantitative estimate of drug-likeness (QED) is 0.673. The van der Waals surface area contributed by atoms with Crippen LogP contribution in [-0.2, 0) is 9.53 Å². The Morgan fingerprint density at radius 3 is 2.28 bits per heavy atom. The minimum absolute atomic E-state index is 0.576. The van der Waals surface area contributed by atoms with Crippen molar-refractivity contribution in [3.05, 3.63) is 11.5 Å². The van der Waals surface area contributed by atoms with Gasteiger partial charge in [-0.3, -0.25) is 0 Å². The van der Waals surface area contributed by atoms with Gasteiger partial charge in [-0.15, -0.1) is 0 Å². The summed E-state index contributed by atoms with van der Waals surface area (Å²) < 4.78 is 19.6. The lowest BCUT2D eigenvalue weighted by Crippen LogP contribution is -2.43. The van der Waals surface area contributed by atoms with E-state index in [0.29, 0.717) is 5.70 Å². The van der Waals surface area contributed by atoms with Crippen LogP contribution >= 0.6 is 0 Å². The molecule has 1 saturated heterocycles. The lowest BCUT2D eigenvalue weighted by atomic mass is 9.82. The van der Waals surface area contributed by atoms with Crippen molar-refractivity contribution in [1.82, 2.24) is 4.90 Å². The fraction of sp³-hybridized carbons (Fsp3) is 0.786. The predicted octanol–water partition coefficient (Wildman–Crippen LogP) is 2.91. The molecule has 3 rings (SSSR count). The van der Waals surface area contributed by atoms with Crippen molar-refractivity contribution in [1.29, 1.82) is 0 Å². The van der Waals surface area contributed by atoms with Crippen molar-refractivity contribution in [3.8, 4) is 0 Å². The Bertz CT molecular complexity index is 379. The first-order valence-electron chi connectivity index (χ1n) is 7.11. The second-order valence-electron chi connectivity index (χ2n) is 5.65. The SMILES string of the molecule is O=C1OC2(CCCCC2)C(N2CCCCC2)=C1F. The van der Waals surface area contributed by atoms with Crippen molar-refractivity contribution in [2.45, 2.75) is 57.0 Å². The van der Waals surface area contributed by atoms with E-state index in [9.17, 15) is 9.18 Å². The molecule has 2 aliphatic heterocycles. The zero-order valence-corrected chi connectivity index (χ0v) is 10.7. The van der Waals surface area contributed by atoms with Gasteiger partial charge in [-0.25, -0.2) is 4.79 Å². The average molecular weight is 253 g/mol. The van der Waals surface area contributed by atoms with E-state index in [1.807, 2.05) is 0 Å². The Balaban J connectivity index is 1.92. The lowest BCUT2D eigenvalue weighted by molar-refractivity contribution is -0.151. The van der Waals surface area contributed by atoms with Gasteiger partial charge in [0.25, 0.3) is 0 Å². The zero-order chi connectivity index (χ0) is 12.6. The molecule has 0 unspecified atom stereocenters. The van der Waals surface area contributed by atoms with E-state index in [-0.39, 0.29) is 0 Å². The molecule has 0 amide bonds. The van der Waals surface area contributed by atoms with E-state index in [4.69, 9.17) is 4.74 Å². The number of likely N-dealkylation sites (tertiary alicyclic amines) is 1. The number of ether oxygens (including phenoxy) is 1. The Kier molecular flexibility index (Phi) is 3.04. The fourth-order valence-electron chi connectivity index (χ4n) is 3.57. The van der Waals surface area contributed by atoms with Crippen molar-refractivity contribution >= 4 is 5.97 Å². The number of nitrogens with zero attached hydrogens (tertiary/aromatic N) is 1. The molecule has 0 N–H and O–H groups in total. The highest BCUT2D eigenvalue weighted by Crippen LogP contribution is 2.46. The molecule has 2 fully saturated rings. The average Bonchev–Trinajstić information content (AvgIpc) is 2.63. The van der Waals surface area contributed by atoms with E-state index in [0.717, 1.165) is 58.0 Å². The summed E-state index contributed by atoms with van der Waals surface area (Å²) in [6, 6.07) is 0. The van der Waals surface area contributed by atoms with E-state index in [1.165, 1.54) is 6.42 Å². The second-order valence-corrected chi connectivity index (χ2v) is 5.65. The molecule has 100 valence electrons. The number of carbonyl (C=O) groups is 1. The summed E-state index contributed by atoms with van der Waals surface area (Å²) >= 11 is 0. The molecule has 0 aromatic carbocycles. The largest absolute Gasteiger partial charge is 0.447 e. The highest BCUT2D eigenvalue weighted by atomic mass is 19.1. The smallest absolute Gasteiger partial charge is 0.370 e. The number of hydrogen-bond donors (Lipinski definition) is 0. The maximum Gasteiger partial charge on any atom is 0.370 e. The minimum atomic E-state index is -0.738. The highest BCUT2D eigenvalue weighted by molar-refractivity contribution is 5.90. The van der Waals surface area contributed by atoms with Crippen LogP contribution in [0.2, 0.25) is 0 Å². The summed E-state index contributed by atoms with van der Waals surface area (Å²) in [7, 11) is 0. The number of esters is 1. The summed E-state index contributed by atoms with van der Waals surface area (Å²) in [5.41, 5.74) is -0.0524. The first-order chi connectivity index (χ1) is 8.73. The summed E-state index contributed by atoms with van der Waals surface area (Å²) in [5.74, 6) is -1.36. The van der Waals surface area contributed by atoms with Crippen molar-refractivity contribution in [2.24, 2.45) is 0 Å². The molecule has 1 spiro atoms. The van der Waals surface area contributed by atoms with Gasteiger partial charge in [0.05, 0.1) is 0 Å². The van der Waals surface area contributed by atoms with Crippen LogP contribution in [0.3, 0.4) is 0 Å². The molecular formula is C14H20FNO2. The van der Waals surface area contributed by atoms with E-state index < -0.39 is 17.4 Å². The highest BCUT2D eigenvalue weighted by Gasteiger charge is 2.51. The van der Waals surface area contributed by atoms with Gasteiger partial charge in [-0.1, -0.05) is 6.42 Å². The molecule has 4 heteroatoms. The molecule has 0 radical (unpaired) electrons. The Hall–Kier alpha value is -1.06. The monoisotopic (exact) mass is 253 g/mol. The normalized spacial score (nSPS) is 27.8. The number of rotatable bonds is 1. The van der Waals surface area contributed by atoms with Crippen LogP contribution in [0.4, 0.5) is 4.39 Å². The lowest BCUT2D eigenvalue weighted by Gasteiger charge is -2.40. The van der Waals surface area contributed by atoms with Crippen LogP contribution in [0.15, 0.2) is 11.5 Å². The Morgan fingerprint density at radius 2 is 1.61 bits per heavy atom. The number of piperidine rings is 1. The van der Waals surface area contributed by atoms with Crippen LogP contribution in [0.5, 0.6) is 0 Å². The molecule has 2 heterocycles. The Morgan fingerprint density at radius 1 is 1.00 bits per heavy atom. The third kappa shape index (κ3) is 1.82. The van der Waals surface area contributed by atoms with Crippen molar-refractivity contribution in [2.75, 3.05) is 13.1 Å². The van der Waals surface area contributed by atoms with Gasteiger partial charge in [0.1, 0.15) is 5.70 Å². The van der Waals surface area contributed by atoms with Gasteiger partial charge in [-0.2, -0.15) is 4.39 Å². The summed E-state index contributed by atoms with van der Waals surface area (Å²) in [6.07, 6.45) is 8.16. The molecule has 0 aromatic rings. The van der Waals surface area contributed by atoms with Gasteiger partial charge in [0.15, 0.2) is 5.60 Å². The second kappa shape index (κ2) is 4.56. The van der Waals surface area contributed by atoms with Crippen molar-refractivity contribution < 1.29 is 13.9 Å². The summed E-state index contributed by atoms with van der Waals surface area (Å²) in [6.45, 7) is 1.72. The molecule has 3 aliphatic rings. The molecular weight excluding hydrogens is 233 g/mol. The van der Waals surface area contributed by atoms with Crippen LogP contribution < -0.4 is 0 Å². The predicted molar refractivity (Wildman–Crippen MR) is 65.5 cm³/mol. The molecule has 0 bridgehead atoms. The Labute approximate surface area is 107 Å². The van der Waals surface area contributed by atoms with Crippen molar-refractivity contribution in [3.63, 3.8) is 0 Å². The minimum Gasteiger partial charge on any atom is -0.447 e. The third-order valence-corrected chi connectivity index (χ3v) is 4.44. The first-order valence-corrected chi connectivity index (χ1v) is 7.11. The van der Waals surface area contributed by atoms with Crippen LogP contribution in [0.1, 0.15) is 51.4 Å². The van der Waals surface area contributed by atoms with Gasteiger partial charge >= 0.3 is 5.97 Å². The first kappa shape index (κ1) is 12.0. The van der Waals surface area contributed by atoms with Gasteiger partial charge in [0.2, 0.25) is 5.83 Å². The molecule has 18 heavy (non-hydrogen) atoms. The standard InChI is InChI=1S/C14H20FNO2/c15-11-12(16-9-5-2-6-10-16)14(18-13(11)17)7-3-1-4-8-14/h1-10H2. The van der Waals surface area contributed by atoms with Crippen LogP contribution in [-0.4, -0.2) is 29.6 Å². The fourth-order valence-corrected chi connectivity index (χ4v) is 3.57. The van der Waals surface area contributed by atoms with Gasteiger partial charge in [-0.05, 0) is 44.9 Å². The summed E-state index contributed by atoms with van der Waals surface area (Å²) in [4.78, 5) is 13.7. The van der Waals surface area contributed by atoms with E-state index in [2.05, 4.69) is 4.90 Å². The van der Waals surface area contributed by atoms with Gasteiger partial charge in [0, 0.05) is 13.1 Å². The van der Waals surface area contributed by atoms with E-state index in [1.54, 1.807) is 0 Å². The number of carbonyl (C=O) groups excluding carboxylic acids is 1. The topological polar surface area (TPSA) is 29.5 Å². The molecule has 1 saturated carbocycles. The van der Waals surface area contributed by atoms with E-state index >= 15 is 0 Å². The third-order valence-electron chi connectivity index (χ3n) is 4.44. The maximum absolute atomic E-state index is 14.2. The van der Waals surface area contributed by atoms with Gasteiger partial charge < -0.3 is 9.64 Å². The number of hydrogen-bond acceptors (Lipinski definition) is 3.